The molecule has 0 aliphatic carbocycles. The molecule has 0 bridgehead atoms. The van der Waals surface area contributed by atoms with Crippen LogP contribution in [0.3, 0.4) is 0 Å². The van der Waals surface area contributed by atoms with Crippen molar-refractivity contribution in [3.8, 4) is 11.1 Å². The zero-order valence-electron chi connectivity index (χ0n) is 22.2. The molecular weight excluding hydrogens is 522 g/mol. The van der Waals surface area contributed by atoms with Crippen molar-refractivity contribution in [1.82, 2.24) is 15.3 Å². The highest BCUT2D eigenvalue weighted by atomic mass is 32.2. The molecule has 0 aliphatic rings. The minimum absolute atomic E-state index is 0.0997. The van der Waals surface area contributed by atoms with Crippen molar-refractivity contribution in [2.45, 2.75) is 25.8 Å². The first kappa shape index (κ1) is 28.7. The Labute approximate surface area is 238 Å². The van der Waals surface area contributed by atoms with Crippen LogP contribution in [-0.2, 0) is 27.2 Å². The van der Waals surface area contributed by atoms with Crippen molar-refractivity contribution in [2.24, 2.45) is 5.92 Å². The van der Waals surface area contributed by atoms with E-state index in [1.54, 1.807) is 31.5 Å². The Kier molecular flexibility index (Phi) is 10.6. The maximum absolute atomic E-state index is 13.6. The number of nitrogens with zero attached hydrogens (tertiary/aromatic N) is 2. The highest BCUT2D eigenvalue weighted by Gasteiger charge is 2.28. The van der Waals surface area contributed by atoms with Gasteiger partial charge in [0.25, 0.3) is 0 Å². The molecule has 1 heterocycles. The molecule has 0 saturated heterocycles. The second-order valence-corrected chi connectivity index (χ2v) is 10.2. The molecule has 2 atom stereocenters. The predicted molar refractivity (Wildman–Crippen MR) is 157 cm³/mol. The summed E-state index contributed by atoms with van der Waals surface area (Å²) in [6.07, 6.45) is 5.65. The highest BCUT2D eigenvalue weighted by molar-refractivity contribution is 8.14. The average molecular weight is 554 g/mol. The minimum atomic E-state index is -0.869. The summed E-state index contributed by atoms with van der Waals surface area (Å²) in [6.45, 7) is 1.94. The molecule has 0 aliphatic heterocycles. The topological polar surface area (TPSA) is 98.2 Å². The van der Waals surface area contributed by atoms with E-state index in [9.17, 15) is 14.4 Å². The van der Waals surface area contributed by atoms with Crippen molar-refractivity contribution < 1.29 is 19.1 Å². The molecule has 0 spiro atoms. The summed E-state index contributed by atoms with van der Waals surface area (Å²) < 4.78 is 5.29. The number of esters is 1. The Morgan fingerprint density at radius 3 is 2.08 bits per heavy atom. The summed E-state index contributed by atoms with van der Waals surface area (Å²) in [5.41, 5.74) is 4.26. The van der Waals surface area contributed by atoms with Gasteiger partial charge in [-0.1, -0.05) is 96.7 Å². The second kappa shape index (κ2) is 14.7. The smallest absolute Gasteiger partial charge is 0.328 e. The second-order valence-electron chi connectivity index (χ2n) is 9.19. The number of thioether (sulfide) groups is 1. The van der Waals surface area contributed by atoms with Gasteiger partial charge in [0, 0.05) is 35.7 Å². The molecular formula is C32H31N3O4S. The van der Waals surface area contributed by atoms with Crippen molar-refractivity contribution in [3.05, 3.63) is 120 Å². The lowest BCUT2D eigenvalue weighted by Crippen LogP contribution is -2.46. The van der Waals surface area contributed by atoms with Crippen LogP contribution in [0.5, 0.6) is 0 Å². The van der Waals surface area contributed by atoms with Crippen LogP contribution in [0.25, 0.3) is 11.1 Å². The van der Waals surface area contributed by atoms with Gasteiger partial charge in [-0.15, -0.1) is 0 Å². The van der Waals surface area contributed by atoms with Gasteiger partial charge in [-0.05, 0) is 30.0 Å². The van der Waals surface area contributed by atoms with E-state index in [0.29, 0.717) is 12.0 Å². The van der Waals surface area contributed by atoms with Gasteiger partial charge >= 0.3 is 5.97 Å². The molecule has 7 nitrogen and oxygen atoms in total. The van der Waals surface area contributed by atoms with Gasteiger partial charge in [-0.25, -0.2) is 14.8 Å². The molecule has 2 unspecified atom stereocenters. The van der Waals surface area contributed by atoms with Crippen molar-refractivity contribution in [3.63, 3.8) is 0 Å². The first-order chi connectivity index (χ1) is 19.5. The van der Waals surface area contributed by atoms with Crippen LogP contribution in [0, 0.1) is 5.92 Å². The fourth-order valence-corrected chi connectivity index (χ4v) is 5.13. The van der Waals surface area contributed by atoms with Crippen LogP contribution in [-0.4, -0.2) is 45.4 Å². The van der Waals surface area contributed by atoms with Gasteiger partial charge < -0.3 is 10.1 Å². The van der Waals surface area contributed by atoms with Crippen LogP contribution in [0.15, 0.2) is 104 Å². The number of nitrogens with one attached hydrogen (secondary N) is 1. The number of benzene rings is 3. The summed E-state index contributed by atoms with van der Waals surface area (Å²) in [5.74, 6) is -1.05. The number of rotatable bonds is 12. The zero-order valence-corrected chi connectivity index (χ0v) is 23.1. The molecule has 4 aromatic rings. The van der Waals surface area contributed by atoms with Crippen molar-refractivity contribution in [1.29, 1.82) is 0 Å². The lowest BCUT2D eigenvalue weighted by molar-refractivity contribution is -0.147. The van der Waals surface area contributed by atoms with E-state index in [1.165, 1.54) is 6.33 Å². The van der Waals surface area contributed by atoms with E-state index in [4.69, 9.17) is 4.74 Å². The molecule has 3 aromatic carbocycles. The Bertz CT molecular complexity index is 1380. The first-order valence-electron chi connectivity index (χ1n) is 13.1. The van der Waals surface area contributed by atoms with Crippen molar-refractivity contribution >= 4 is 28.8 Å². The van der Waals surface area contributed by atoms with Gasteiger partial charge in [0.1, 0.15) is 12.4 Å². The Morgan fingerprint density at radius 2 is 1.43 bits per heavy atom. The maximum Gasteiger partial charge on any atom is 0.328 e. The summed E-state index contributed by atoms with van der Waals surface area (Å²) in [7, 11) is 0. The van der Waals surface area contributed by atoms with Crippen LogP contribution >= 0.6 is 11.8 Å². The summed E-state index contributed by atoms with van der Waals surface area (Å²) >= 11 is 1.11. The third kappa shape index (κ3) is 8.35. The lowest BCUT2D eigenvalue weighted by atomic mass is 9.98. The molecule has 8 heteroatoms. The van der Waals surface area contributed by atoms with E-state index >= 15 is 0 Å². The normalized spacial score (nSPS) is 12.2. The Balaban J connectivity index is 1.48. The molecule has 0 saturated carbocycles. The Hall–Kier alpha value is -4.30. The van der Waals surface area contributed by atoms with E-state index in [1.807, 2.05) is 72.8 Å². The molecule has 4 rings (SSSR count). The lowest BCUT2D eigenvalue weighted by Gasteiger charge is -2.22. The summed E-state index contributed by atoms with van der Waals surface area (Å²) in [4.78, 5) is 47.3. The van der Waals surface area contributed by atoms with Gasteiger partial charge in [0.15, 0.2) is 0 Å². The van der Waals surface area contributed by atoms with Gasteiger partial charge in [0.05, 0.1) is 12.5 Å². The van der Waals surface area contributed by atoms with Crippen LogP contribution < -0.4 is 5.32 Å². The molecule has 0 fully saturated rings. The fraction of sp³-hybridized carbons (Fsp3) is 0.219. The predicted octanol–water partition coefficient (Wildman–Crippen LogP) is 5.17. The monoisotopic (exact) mass is 553 g/mol. The third-order valence-corrected chi connectivity index (χ3v) is 7.36. The van der Waals surface area contributed by atoms with Gasteiger partial charge in [-0.2, -0.15) is 0 Å². The standard InChI is InChI=1S/C32H31N3O4S/c1-2-39-31(37)29(18-24-13-15-25(16-14-24)28-19-33-22-34-20-28)35-30(36)27(17-23-9-5-3-6-10-23)21-40-32(38)26-11-7-4-8-12-26/h3-16,19-20,22,27,29H,2,17-18,21H2,1H3,(H,35,36). The highest BCUT2D eigenvalue weighted by Crippen LogP contribution is 2.21. The SMILES string of the molecule is CCOC(=O)C(Cc1ccc(-c2cncnc2)cc1)NC(=O)C(CSC(=O)c1ccccc1)Cc1ccccc1. The number of carbonyl (C=O) groups is 3. The van der Waals surface area contributed by atoms with Gasteiger partial charge in [-0.3, -0.25) is 9.59 Å². The number of carbonyl (C=O) groups excluding carboxylic acids is 3. The molecule has 1 aromatic heterocycles. The van der Waals surface area contributed by atoms with Crippen LogP contribution in [0.2, 0.25) is 0 Å². The average Bonchev–Trinajstić information content (AvgIpc) is 3.00. The van der Waals surface area contributed by atoms with Crippen LogP contribution in [0.1, 0.15) is 28.4 Å². The maximum atomic E-state index is 13.6. The van der Waals surface area contributed by atoms with E-state index < -0.39 is 17.9 Å². The molecule has 1 amide bonds. The minimum Gasteiger partial charge on any atom is -0.464 e. The summed E-state index contributed by atoms with van der Waals surface area (Å²) in [5, 5.41) is 2.82. The number of hydrogen-bond donors (Lipinski definition) is 1. The number of ether oxygens (including phenoxy) is 1. The van der Waals surface area contributed by atoms with E-state index in [2.05, 4.69) is 15.3 Å². The number of hydrogen-bond acceptors (Lipinski definition) is 7. The number of amides is 1. The quantitative estimate of drug-likeness (QED) is 0.242. The van der Waals surface area contributed by atoms with E-state index in [-0.39, 0.29) is 29.8 Å². The molecule has 0 radical (unpaired) electrons. The van der Waals surface area contributed by atoms with Crippen LogP contribution in [0.4, 0.5) is 0 Å². The number of aromatic nitrogens is 2. The first-order valence-corrected chi connectivity index (χ1v) is 14.1. The zero-order chi connectivity index (χ0) is 28.2. The van der Waals surface area contributed by atoms with E-state index in [0.717, 1.165) is 34.0 Å². The third-order valence-electron chi connectivity index (χ3n) is 6.30. The fourth-order valence-electron chi connectivity index (χ4n) is 4.20. The van der Waals surface area contributed by atoms with Gasteiger partial charge in [0.2, 0.25) is 11.0 Å². The van der Waals surface area contributed by atoms with Crippen molar-refractivity contribution in [2.75, 3.05) is 12.4 Å². The molecule has 204 valence electrons. The summed E-state index contributed by atoms with van der Waals surface area (Å²) in [6, 6.07) is 25.5. The largest absolute Gasteiger partial charge is 0.464 e. The molecule has 1 N–H and O–H groups in total. The Morgan fingerprint density at radius 1 is 0.800 bits per heavy atom. The molecule has 40 heavy (non-hydrogen) atoms.